The molecule has 0 radical (unpaired) electrons. The normalized spacial score (nSPS) is 20.4. The smallest absolute Gasteiger partial charge is 0.254 e. The third kappa shape index (κ3) is 2.76. The van der Waals surface area contributed by atoms with Crippen molar-refractivity contribution in [2.24, 2.45) is 0 Å². The average Bonchev–Trinajstić information content (AvgIpc) is 2.62. The summed E-state index contributed by atoms with van der Waals surface area (Å²) in [5.74, 6) is 0.185. The molecule has 2 aliphatic heterocycles. The second-order valence-electron chi connectivity index (χ2n) is 6.70. The molecule has 2 aromatic rings. The van der Waals surface area contributed by atoms with Gasteiger partial charge < -0.3 is 4.90 Å². The first-order valence-corrected chi connectivity index (χ1v) is 8.57. The summed E-state index contributed by atoms with van der Waals surface area (Å²) in [5, 5.41) is 0. The number of fused-ring (bicyclic) bond motifs is 2. The van der Waals surface area contributed by atoms with Crippen LogP contribution in [0.3, 0.4) is 0 Å². The number of piperazine rings is 1. The third-order valence-electron chi connectivity index (χ3n) is 5.13. The highest BCUT2D eigenvalue weighted by atomic mass is 16.2. The molecule has 0 saturated carbocycles. The molecule has 2 aliphatic rings. The zero-order chi connectivity index (χ0) is 16.5. The van der Waals surface area contributed by atoms with Gasteiger partial charge in [0.1, 0.15) is 0 Å². The zero-order valence-corrected chi connectivity index (χ0v) is 13.8. The summed E-state index contributed by atoms with van der Waals surface area (Å²) in [5.41, 5.74) is 4.39. The van der Waals surface area contributed by atoms with Crippen LogP contribution in [0.25, 0.3) is 6.08 Å². The number of hydrogen-bond acceptors (Lipinski definition) is 2. The van der Waals surface area contributed by atoms with Crippen LogP contribution in [0.15, 0.2) is 55.1 Å². The van der Waals surface area contributed by atoms with Crippen molar-refractivity contribution in [3.8, 4) is 0 Å². The number of carbonyl (C=O) groups is 1. The van der Waals surface area contributed by atoms with Gasteiger partial charge in [-0.3, -0.25) is 9.69 Å². The van der Waals surface area contributed by atoms with Crippen LogP contribution >= 0.6 is 0 Å². The molecule has 24 heavy (non-hydrogen) atoms. The van der Waals surface area contributed by atoms with Crippen LogP contribution in [0, 0.1) is 0 Å². The topological polar surface area (TPSA) is 23.6 Å². The van der Waals surface area contributed by atoms with E-state index in [9.17, 15) is 4.79 Å². The molecule has 1 amide bonds. The Balaban J connectivity index is 1.53. The molecule has 0 spiro atoms. The fraction of sp³-hybridized carbons (Fsp3) is 0.286. The molecule has 2 aromatic carbocycles. The number of benzene rings is 2. The quantitative estimate of drug-likeness (QED) is 0.867. The molecule has 0 N–H and O–H groups in total. The zero-order valence-electron chi connectivity index (χ0n) is 13.8. The molecule has 3 heteroatoms. The Morgan fingerprint density at radius 3 is 2.75 bits per heavy atom. The first-order valence-electron chi connectivity index (χ1n) is 8.57. The lowest BCUT2D eigenvalue weighted by atomic mass is 9.90. The molecule has 1 saturated heterocycles. The minimum Gasteiger partial charge on any atom is -0.333 e. The minimum absolute atomic E-state index is 0.185. The Labute approximate surface area is 143 Å². The average molecular weight is 318 g/mol. The minimum atomic E-state index is 0.185. The van der Waals surface area contributed by atoms with Crippen molar-refractivity contribution in [2.45, 2.75) is 19.0 Å². The second kappa shape index (κ2) is 6.25. The molecule has 0 aromatic heterocycles. The van der Waals surface area contributed by atoms with E-state index in [0.717, 1.165) is 43.7 Å². The van der Waals surface area contributed by atoms with E-state index in [-0.39, 0.29) is 11.9 Å². The fourth-order valence-electron chi connectivity index (χ4n) is 3.85. The van der Waals surface area contributed by atoms with Gasteiger partial charge in [-0.25, -0.2) is 0 Å². The van der Waals surface area contributed by atoms with Crippen LogP contribution < -0.4 is 0 Å². The van der Waals surface area contributed by atoms with Crippen LogP contribution in [0.2, 0.25) is 0 Å². The van der Waals surface area contributed by atoms with E-state index in [2.05, 4.69) is 58.8 Å². The van der Waals surface area contributed by atoms with Gasteiger partial charge in [0.25, 0.3) is 5.91 Å². The van der Waals surface area contributed by atoms with Crippen LogP contribution in [-0.2, 0) is 13.0 Å². The van der Waals surface area contributed by atoms with E-state index < -0.39 is 0 Å². The summed E-state index contributed by atoms with van der Waals surface area (Å²) in [7, 11) is 0. The number of rotatable bonds is 3. The van der Waals surface area contributed by atoms with E-state index in [1.165, 1.54) is 11.1 Å². The van der Waals surface area contributed by atoms with Crippen molar-refractivity contribution in [1.29, 1.82) is 0 Å². The van der Waals surface area contributed by atoms with Crippen molar-refractivity contribution in [3.63, 3.8) is 0 Å². The Bertz CT molecular complexity index is 769. The number of hydrogen-bond donors (Lipinski definition) is 0. The largest absolute Gasteiger partial charge is 0.333 e. The number of nitrogens with zero attached hydrogens (tertiary/aromatic N) is 2. The van der Waals surface area contributed by atoms with Gasteiger partial charge >= 0.3 is 0 Å². The highest BCUT2D eigenvalue weighted by molar-refractivity contribution is 5.97. The first-order chi connectivity index (χ1) is 11.7. The molecular formula is C21H22N2O. The maximum Gasteiger partial charge on any atom is 0.254 e. The molecule has 122 valence electrons. The predicted octanol–water partition coefficient (Wildman–Crippen LogP) is 3.21. The molecule has 0 aliphatic carbocycles. The van der Waals surface area contributed by atoms with Gasteiger partial charge in [0.2, 0.25) is 0 Å². The first kappa shape index (κ1) is 15.2. The number of amides is 1. The molecule has 1 atom stereocenters. The highest BCUT2D eigenvalue weighted by Gasteiger charge is 2.36. The lowest BCUT2D eigenvalue weighted by Crippen LogP contribution is -2.57. The molecule has 2 heterocycles. The van der Waals surface area contributed by atoms with Gasteiger partial charge in [0, 0.05) is 37.8 Å². The van der Waals surface area contributed by atoms with Crippen LogP contribution in [0.5, 0.6) is 0 Å². The van der Waals surface area contributed by atoms with E-state index >= 15 is 0 Å². The summed E-state index contributed by atoms with van der Waals surface area (Å²) >= 11 is 0. The predicted molar refractivity (Wildman–Crippen MR) is 96.8 cm³/mol. The Hall–Kier alpha value is -2.39. The van der Waals surface area contributed by atoms with Crippen LogP contribution in [-0.4, -0.2) is 41.4 Å². The van der Waals surface area contributed by atoms with Gasteiger partial charge in [0.15, 0.2) is 0 Å². The Morgan fingerprint density at radius 1 is 1.12 bits per heavy atom. The molecule has 1 fully saturated rings. The Morgan fingerprint density at radius 2 is 1.96 bits per heavy atom. The SMILES string of the molecule is C=Cc1ccc2c(c1)C(=O)N1CCN(Cc3ccccc3)C[C@H]1C2. The van der Waals surface area contributed by atoms with Gasteiger partial charge in [-0.2, -0.15) is 0 Å². The van der Waals surface area contributed by atoms with E-state index in [4.69, 9.17) is 0 Å². The van der Waals surface area contributed by atoms with Crippen molar-refractivity contribution in [3.05, 3.63) is 77.4 Å². The van der Waals surface area contributed by atoms with E-state index in [0.29, 0.717) is 0 Å². The molecule has 4 rings (SSSR count). The standard InChI is InChI=1S/C21H22N2O/c1-2-16-8-9-18-13-19-15-22(14-17-6-4-3-5-7-17)10-11-23(19)21(24)20(18)12-16/h2-9,12,19H,1,10-11,13-15H2/t19-/m1/s1. The Kier molecular flexibility index (Phi) is 3.95. The van der Waals surface area contributed by atoms with Gasteiger partial charge in [-0.1, -0.05) is 55.1 Å². The monoisotopic (exact) mass is 318 g/mol. The molecule has 3 nitrogen and oxygen atoms in total. The van der Waals surface area contributed by atoms with E-state index in [1.54, 1.807) is 6.08 Å². The lowest BCUT2D eigenvalue weighted by molar-refractivity contribution is 0.0402. The van der Waals surface area contributed by atoms with Gasteiger partial charge in [-0.05, 0) is 29.2 Å². The van der Waals surface area contributed by atoms with Crippen LogP contribution in [0.4, 0.5) is 0 Å². The second-order valence-corrected chi connectivity index (χ2v) is 6.70. The number of carbonyl (C=O) groups excluding carboxylic acids is 1. The molecular weight excluding hydrogens is 296 g/mol. The lowest BCUT2D eigenvalue weighted by Gasteiger charge is -2.44. The summed E-state index contributed by atoms with van der Waals surface area (Å²) in [4.78, 5) is 17.4. The van der Waals surface area contributed by atoms with Crippen molar-refractivity contribution in [1.82, 2.24) is 9.80 Å². The van der Waals surface area contributed by atoms with Gasteiger partial charge in [0.05, 0.1) is 0 Å². The van der Waals surface area contributed by atoms with Crippen molar-refractivity contribution >= 4 is 12.0 Å². The third-order valence-corrected chi connectivity index (χ3v) is 5.13. The van der Waals surface area contributed by atoms with Crippen molar-refractivity contribution in [2.75, 3.05) is 19.6 Å². The fourth-order valence-corrected chi connectivity index (χ4v) is 3.85. The molecule has 0 unspecified atom stereocenters. The van der Waals surface area contributed by atoms with Crippen molar-refractivity contribution < 1.29 is 4.79 Å². The summed E-state index contributed by atoms with van der Waals surface area (Å²) in [6.07, 6.45) is 2.75. The molecule has 0 bridgehead atoms. The van der Waals surface area contributed by atoms with E-state index in [1.807, 2.05) is 6.07 Å². The summed E-state index contributed by atoms with van der Waals surface area (Å²) in [6.45, 7) is 7.46. The maximum absolute atomic E-state index is 12.9. The van der Waals surface area contributed by atoms with Crippen LogP contribution in [0.1, 0.15) is 27.0 Å². The summed E-state index contributed by atoms with van der Waals surface area (Å²) < 4.78 is 0. The highest BCUT2D eigenvalue weighted by Crippen LogP contribution is 2.27. The summed E-state index contributed by atoms with van der Waals surface area (Å²) in [6, 6.07) is 17.0. The maximum atomic E-state index is 12.9. The van der Waals surface area contributed by atoms with Gasteiger partial charge in [-0.15, -0.1) is 0 Å².